The monoisotopic (exact) mass is 324 g/mol. The van der Waals surface area contributed by atoms with Crippen LogP contribution in [0.1, 0.15) is 17.5 Å². The number of rotatable bonds is 5. The molecule has 0 amide bonds. The Kier molecular flexibility index (Phi) is 4.83. The molecule has 2 atom stereocenters. The summed E-state index contributed by atoms with van der Waals surface area (Å²) in [5.41, 5.74) is 2.50. The standard InChI is InChI=1S/C19H24N4O/c1-2-17(11-21-5-1)15-24-19-10-18-13-22(8-9-23(18)14-19)12-16-3-6-20-7-4-16/h1-7,11,18-19H,8-10,12-15H2/t18-,19+/m0/s1. The Labute approximate surface area is 143 Å². The van der Waals surface area contributed by atoms with Gasteiger partial charge < -0.3 is 4.74 Å². The molecule has 4 heterocycles. The van der Waals surface area contributed by atoms with Gasteiger partial charge in [-0.25, -0.2) is 0 Å². The molecule has 126 valence electrons. The number of aromatic nitrogens is 2. The Morgan fingerprint density at radius 1 is 1.00 bits per heavy atom. The predicted octanol–water partition coefficient (Wildman–Crippen LogP) is 1.95. The van der Waals surface area contributed by atoms with Gasteiger partial charge in [-0.1, -0.05) is 6.07 Å². The van der Waals surface area contributed by atoms with Crippen molar-refractivity contribution in [2.75, 3.05) is 26.2 Å². The van der Waals surface area contributed by atoms with Gasteiger partial charge in [0.25, 0.3) is 0 Å². The third kappa shape index (κ3) is 3.80. The molecule has 5 nitrogen and oxygen atoms in total. The van der Waals surface area contributed by atoms with Crippen molar-refractivity contribution in [2.45, 2.75) is 31.7 Å². The zero-order chi connectivity index (χ0) is 16.2. The molecule has 5 heteroatoms. The molecule has 2 aliphatic heterocycles. The summed E-state index contributed by atoms with van der Waals surface area (Å²) in [6.45, 7) is 6.16. The van der Waals surface area contributed by atoms with Gasteiger partial charge in [0.1, 0.15) is 0 Å². The SMILES string of the molecule is c1cncc(CO[C@@H]2C[C@H]3CN(Cc4ccncc4)CCN3C2)c1. The highest BCUT2D eigenvalue weighted by Gasteiger charge is 2.36. The summed E-state index contributed by atoms with van der Waals surface area (Å²) in [7, 11) is 0. The molecule has 2 aromatic rings. The molecule has 0 aromatic carbocycles. The molecular formula is C19H24N4O. The molecule has 0 bridgehead atoms. The zero-order valence-electron chi connectivity index (χ0n) is 13.9. The van der Waals surface area contributed by atoms with Gasteiger partial charge in [-0.3, -0.25) is 19.8 Å². The molecule has 0 N–H and O–H groups in total. The average Bonchev–Trinajstić information content (AvgIpc) is 3.04. The summed E-state index contributed by atoms with van der Waals surface area (Å²) in [6, 6.07) is 8.89. The molecule has 2 aromatic heterocycles. The molecule has 24 heavy (non-hydrogen) atoms. The maximum Gasteiger partial charge on any atom is 0.0736 e. The molecule has 2 fully saturated rings. The first-order valence-electron chi connectivity index (χ1n) is 8.72. The van der Waals surface area contributed by atoms with E-state index in [0.717, 1.165) is 44.7 Å². The zero-order valence-corrected chi connectivity index (χ0v) is 13.9. The number of fused-ring (bicyclic) bond motifs is 1. The topological polar surface area (TPSA) is 41.5 Å². The van der Waals surface area contributed by atoms with Crippen LogP contribution in [-0.4, -0.2) is 58.1 Å². The fourth-order valence-corrected chi connectivity index (χ4v) is 3.77. The van der Waals surface area contributed by atoms with E-state index in [4.69, 9.17) is 4.74 Å². The maximum atomic E-state index is 6.13. The highest BCUT2D eigenvalue weighted by Crippen LogP contribution is 2.25. The third-order valence-corrected chi connectivity index (χ3v) is 5.03. The first-order valence-corrected chi connectivity index (χ1v) is 8.72. The van der Waals surface area contributed by atoms with Crippen molar-refractivity contribution in [3.8, 4) is 0 Å². The number of hydrogen-bond acceptors (Lipinski definition) is 5. The molecule has 0 spiro atoms. The van der Waals surface area contributed by atoms with Crippen LogP contribution < -0.4 is 0 Å². The molecule has 0 unspecified atom stereocenters. The van der Waals surface area contributed by atoms with E-state index in [9.17, 15) is 0 Å². The molecule has 2 saturated heterocycles. The van der Waals surface area contributed by atoms with Crippen molar-refractivity contribution in [3.05, 3.63) is 60.2 Å². The van der Waals surface area contributed by atoms with Crippen LogP contribution in [0.25, 0.3) is 0 Å². The summed E-state index contributed by atoms with van der Waals surface area (Å²) in [6.07, 6.45) is 8.92. The van der Waals surface area contributed by atoms with E-state index >= 15 is 0 Å². The van der Waals surface area contributed by atoms with Crippen molar-refractivity contribution < 1.29 is 4.74 Å². The van der Waals surface area contributed by atoms with Crippen LogP contribution in [0.4, 0.5) is 0 Å². The lowest BCUT2D eigenvalue weighted by atomic mass is 10.1. The summed E-state index contributed by atoms with van der Waals surface area (Å²) in [4.78, 5) is 13.4. The fourth-order valence-electron chi connectivity index (χ4n) is 3.77. The lowest BCUT2D eigenvalue weighted by Crippen LogP contribution is -2.49. The van der Waals surface area contributed by atoms with Gasteiger partial charge in [-0.15, -0.1) is 0 Å². The lowest BCUT2D eigenvalue weighted by molar-refractivity contribution is 0.0457. The third-order valence-electron chi connectivity index (χ3n) is 5.03. The van der Waals surface area contributed by atoms with Gasteiger partial charge in [0.2, 0.25) is 0 Å². The number of piperazine rings is 1. The second-order valence-electron chi connectivity index (χ2n) is 6.77. The summed E-state index contributed by atoms with van der Waals surface area (Å²) >= 11 is 0. The quantitative estimate of drug-likeness (QED) is 0.841. The Morgan fingerprint density at radius 3 is 2.75 bits per heavy atom. The van der Waals surface area contributed by atoms with E-state index in [1.807, 2.05) is 24.7 Å². The minimum Gasteiger partial charge on any atom is -0.372 e. The van der Waals surface area contributed by atoms with Gasteiger partial charge in [0.05, 0.1) is 12.7 Å². The number of pyridine rings is 2. The van der Waals surface area contributed by atoms with Crippen LogP contribution in [0, 0.1) is 0 Å². The van der Waals surface area contributed by atoms with Gasteiger partial charge in [0, 0.05) is 63.6 Å². The van der Waals surface area contributed by atoms with E-state index < -0.39 is 0 Å². The number of ether oxygens (including phenoxy) is 1. The van der Waals surface area contributed by atoms with Gasteiger partial charge in [-0.05, 0) is 35.7 Å². The summed E-state index contributed by atoms with van der Waals surface area (Å²) in [5, 5.41) is 0. The van der Waals surface area contributed by atoms with Crippen molar-refractivity contribution >= 4 is 0 Å². The Hall–Kier alpha value is -1.82. The van der Waals surface area contributed by atoms with Crippen LogP contribution >= 0.6 is 0 Å². The van der Waals surface area contributed by atoms with E-state index in [1.54, 1.807) is 6.20 Å². The number of hydrogen-bond donors (Lipinski definition) is 0. The molecule has 0 saturated carbocycles. The van der Waals surface area contributed by atoms with E-state index in [2.05, 4.69) is 38.0 Å². The molecule has 0 radical (unpaired) electrons. The highest BCUT2D eigenvalue weighted by atomic mass is 16.5. The van der Waals surface area contributed by atoms with Crippen molar-refractivity contribution in [2.24, 2.45) is 0 Å². The van der Waals surface area contributed by atoms with Crippen LogP contribution in [0.2, 0.25) is 0 Å². The van der Waals surface area contributed by atoms with E-state index in [0.29, 0.717) is 18.8 Å². The van der Waals surface area contributed by atoms with Gasteiger partial charge in [-0.2, -0.15) is 0 Å². The highest BCUT2D eigenvalue weighted by molar-refractivity contribution is 5.10. The van der Waals surface area contributed by atoms with Crippen LogP contribution in [-0.2, 0) is 17.9 Å². The Morgan fingerprint density at radius 2 is 1.92 bits per heavy atom. The van der Waals surface area contributed by atoms with Gasteiger partial charge in [0.15, 0.2) is 0 Å². The number of nitrogens with zero attached hydrogens (tertiary/aromatic N) is 4. The minimum absolute atomic E-state index is 0.344. The van der Waals surface area contributed by atoms with Crippen molar-refractivity contribution in [3.63, 3.8) is 0 Å². The van der Waals surface area contributed by atoms with Crippen molar-refractivity contribution in [1.29, 1.82) is 0 Å². The Bertz CT molecular complexity index is 636. The Balaban J connectivity index is 1.28. The average molecular weight is 324 g/mol. The second-order valence-corrected chi connectivity index (χ2v) is 6.77. The molecule has 2 aliphatic rings. The normalized spacial score (nSPS) is 24.8. The molecule has 4 rings (SSSR count). The van der Waals surface area contributed by atoms with E-state index in [1.165, 1.54) is 5.56 Å². The smallest absolute Gasteiger partial charge is 0.0736 e. The predicted molar refractivity (Wildman–Crippen MR) is 92.3 cm³/mol. The van der Waals surface area contributed by atoms with Crippen LogP contribution in [0.3, 0.4) is 0 Å². The van der Waals surface area contributed by atoms with Crippen LogP contribution in [0.5, 0.6) is 0 Å². The summed E-state index contributed by atoms with van der Waals surface area (Å²) in [5.74, 6) is 0. The lowest BCUT2D eigenvalue weighted by Gasteiger charge is -2.37. The first kappa shape index (κ1) is 15.7. The largest absolute Gasteiger partial charge is 0.372 e. The summed E-state index contributed by atoms with van der Waals surface area (Å²) < 4.78 is 6.13. The second kappa shape index (κ2) is 7.38. The van der Waals surface area contributed by atoms with Crippen LogP contribution in [0.15, 0.2) is 49.1 Å². The van der Waals surface area contributed by atoms with Gasteiger partial charge >= 0.3 is 0 Å². The molecular weight excluding hydrogens is 300 g/mol. The first-order chi connectivity index (χ1) is 11.9. The van der Waals surface area contributed by atoms with Crippen molar-refractivity contribution in [1.82, 2.24) is 19.8 Å². The molecule has 0 aliphatic carbocycles. The maximum absolute atomic E-state index is 6.13. The minimum atomic E-state index is 0.344. The van der Waals surface area contributed by atoms with E-state index in [-0.39, 0.29) is 0 Å². The fraction of sp³-hybridized carbons (Fsp3) is 0.474.